The second-order valence-electron chi connectivity index (χ2n) is 6.24. The summed E-state index contributed by atoms with van der Waals surface area (Å²) in [4.78, 5) is 21.6. The number of H-pyrrole nitrogens is 1. The third kappa shape index (κ3) is 4.33. The molecule has 0 spiro atoms. The number of aromatic amines is 1. The Morgan fingerprint density at radius 1 is 1.07 bits per heavy atom. The number of carbonyl (C=O) groups is 1. The molecule has 4 aromatic rings. The highest BCUT2D eigenvalue weighted by molar-refractivity contribution is 7.10. The molecule has 0 radical (unpaired) electrons. The van der Waals surface area contributed by atoms with Gasteiger partial charge in [-0.3, -0.25) is 4.79 Å². The molecule has 0 saturated heterocycles. The van der Waals surface area contributed by atoms with Crippen LogP contribution < -0.4 is 5.32 Å². The van der Waals surface area contributed by atoms with Crippen LogP contribution in [0.5, 0.6) is 0 Å². The zero-order valence-electron chi connectivity index (χ0n) is 14.6. The van der Waals surface area contributed by atoms with Crippen LogP contribution in [0.3, 0.4) is 0 Å². The maximum Gasteiger partial charge on any atom is 0.244 e. The van der Waals surface area contributed by atoms with Crippen LogP contribution in [-0.2, 0) is 11.2 Å². The standard InChI is InChI=1S/C22H19N3OS/c26-21(13-12-17-9-6-14-27-17)23-20(15-16-7-2-1-3-8-16)22-24-18-10-4-5-11-19(18)25-22/h1-14,20H,15H2,(H,23,26)(H,24,25)/t20-/m0/s1. The van der Waals surface area contributed by atoms with E-state index in [2.05, 4.69) is 27.4 Å². The number of aromatic nitrogens is 2. The molecule has 27 heavy (non-hydrogen) atoms. The van der Waals surface area contributed by atoms with Gasteiger partial charge in [0.1, 0.15) is 5.82 Å². The van der Waals surface area contributed by atoms with Crippen molar-refractivity contribution >= 4 is 34.4 Å². The van der Waals surface area contributed by atoms with Gasteiger partial charge in [0, 0.05) is 11.0 Å². The van der Waals surface area contributed by atoms with Gasteiger partial charge in [0.05, 0.1) is 17.1 Å². The largest absolute Gasteiger partial charge is 0.342 e. The predicted octanol–water partition coefficient (Wildman–Crippen LogP) is 4.74. The molecule has 5 heteroatoms. The summed E-state index contributed by atoms with van der Waals surface area (Å²) in [5.74, 6) is 0.628. The SMILES string of the molecule is O=C(C=Cc1cccs1)N[C@@H](Cc1ccccc1)c1nc2ccccc2[nH]1. The van der Waals surface area contributed by atoms with E-state index in [-0.39, 0.29) is 11.9 Å². The van der Waals surface area contributed by atoms with E-state index in [0.717, 1.165) is 27.3 Å². The Hall–Kier alpha value is -3.18. The van der Waals surface area contributed by atoms with Gasteiger partial charge >= 0.3 is 0 Å². The van der Waals surface area contributed by atoms with Crippen molar-refractivity contribution in [3.63, 3.8) is 0 Å². The van der Waals surface area contributed by atoms with Gasteiger partial charge in [0.15, 0.2) is 0 Å². The number of benzene rings is 2. The summed E-state index contributed by atoms with van der Waals surface area (Å²) in [6, 6.07) is 21.7. The van der Waals surface area contributed by atoms with Crippen molar-refractivity contribution in [2.45, 2.75) is 12.5 Å². The van der Waals surface area contributed by atoms with Crippen LogP contribution in [0.4, 0.5) is 0 Å². The topological polar surface area (TPSA) is 57.8 Å². The summed E-state index contributed by atoms with van der Waals surface area (Å²) in [6.07, 6.45) is 4.07. The number of fused-ring (bicyclic) bond motifs is 1. The fourth-order valence-corrected chi connectivity index (χ4v) is 3.59. The van der Waals surface area contributed by atoms with Crippen molar-refractivity contribution in [2.24, 2.45) is 0 Å². The number of rotatable bonds is 6. The number of para-hydroxylation sites is 2. The number of nitrogens with one attached hydrogen (secondary N) is 2. The third-order valence-electron chi connectivity index (χ3n) is 4.28. The zero-order chi connectivity index (χ0) is 18.5. The third-order valence-corrected chi connectivity index (χ3v) is 5.12. The van der Waals surface area contributed by atoms with Crippen LogP contribution >= 0.6 is 11.3 Å². The van der Waals surface area contributed by atoms with Crippen molar-refractivity contribution in [1.29, 1.82) is 0 Å². The minimum atomic E-state index is -0.236. The summed E-state index contributed by atoms with van der Waals surface area (Å²) in [7, 11) is 0. The lowest BCUT2D eigenvalue weighted by Crippen LogP contribution is -2.29. The molecule has 0 aliphatic rings. The molecule has 0 aliphatic carbocycles. The van der Waals surface area contributed by atoms with Crippen molar-refractivity contribution in [1.82, 2.24) is 15.3 Å². The number of imidazole rings is 1. The zero-order valence-corrected chi connectivity index (χ0v) is 15.4. The summed E-state index contributed by atoms with van der Waals surface area (Å²) in [6.45, 7) is 0. The minimum absolute atomic E-state index is 0.134. The quantitative estimate of drug-likeness (QED) is 0.480. The normalized spacial score (nSPS) is 12.4. The van der Waals surface area contributed by atoms with E-state index >= 15 is 0 Å². The Kier molecular flexibility index (Phi) is 5.12. The molecular weight excluding hydrogens is 354 g/mol. The molecule has 1 atom stereocenters. The molecule has 0 unspecified atom stereocenters. The van der Waals surface area contributed by atoms with Gasteiger partial charge in [0.25, 0.3) is 0 Å². The van der Waals surface area contributed by atoms with E-state index in [1.165, 1.54) is 0 Å². The lowest BCUT2D eigenvalue weighted by Gasteiger charge is -2.16. The van der Waals surface area contributed by atoms with Crippen LogP contribution in [-0.4, -0.2) is 15.9 Å². The van der Waals surface area contributed by atoms with Gasteiger partial charge in [-0.2, -0.15) is 0 Å². The van der Waals surface area contributed by atoms with Crippen LogP contribution in [0.2, 0.25) is 0 Å². The first kappa shape index (κ1) is 17.2. The van der Waals surface area contributed by atoms with Gasteiger partial charge in [-0.15, -0.1) is 11.3 Å². The molecule has 1 amide bonds. The highest BCUT2D eigenvalue weighted by Crippen LogP contribution is 2.20. The Labute approximate surface area is 161 Å². The molecule has 0 bridgehead atoms. The van der Waals surface area contributed by atoms with E-state index in [1.807, 2.05) is 66.1 Å². The second kappa shape index (κ2) is 8.01. The molecule has 0 aliphatic heterocycles. The van der Waals surface area contributed by atoms with E-state index in [0.29, 0.717) is 6.42 Å². The van der Waals surface area contributed by atoms with E-state index in [4.69, 9.17) is 0 Å². The Bertz CT molecular complexity index is 1020. The number of nitrogens with zero attached hydrogens (tertiary/aromatic N) is 1. The first-order valence-electron chi connectivity index (χ1n) is 8.78. The van der Waals surface area contributed by atoms with Crippen molar-refractivity contribution in [3.8, 4) is 0 Å². The Morgan fingerprint density at radius 2 is 1.89 bits per heavy atom. The molecule has 2 aromatic carbocycles. The molecule has 4 nitrogen and oxygen atoms in total. The van der Waals surface area contributed by atoms with Crippen LogP contribution in [0.1, 0.15) is 22.3 Å². The van der Waals surface area contributed by atoms with Crippen LogP contribution in [0.15, 0.2) is 78.2 Å². The predicted molar refractivity (Wildman–Crippen MR) is 110 cm³/mol. The van der Waals surface area contributed by atoms with Gasteiger partial charge < -0.3 is 10.3 Å². The fourth-order valence-electron chi connectivity index (χ4n) is 2.97. The van der Waals surface area contributed by atoms with Crippen molar-refractivity contribution < 1.29 is 4.79 Å². The molecule has 4 rings (SSSR count). The highest BCUT2D eigenvalue weighted by Gasteiger charge is 2.18. The number of hydrogen-bond donors (Lipinski definition) is 2. The fraction of sp³-hybridized carbons (Fsp3) is 0.0909. The van der Waals surface area contributed by atoms with Crippen LogP contribution in [0, 0.1) is 0 Å². The summed E-state index contributed by atoms with van der Waals surface area (Å²) < 4.78 is 0. The number of thiophene rings is 1. The maximum absolute atomic E-state index is 12.5. The first-order valence-corrected chi connectivity index (χ1v) is 9.66. The number of amides is 1. The second-order valence-corrected chi connectivity index (χ2v) is 7.22. The van der Waals surface area contributed by atoms with Crippen molar-refractivity contribution in [3.05, 3.63) is 94.5 Å². The Morgan fingerprint density at radius 3 is 2.67 bits per heavy atom. The number of hydrogen-bond acceptors (Lipinski definition) is 3. The lowest BCUT2D eigenvalue weighted by molar-refractivity contribution is -0.117. The van der Waals surface area contributed by atoms with Crippen LogP contribution in [0.25, 0.3) is 17.1 Å². The summed E-state index contributed by atoms with van der Waals surface area (Å²) >= 11 is 1.60. The minimum Gasteiger partial charge on any atom is -0.342 e. The van der Waals surface area contributed by atoms with Gasteiger partial charge in [0.2, 0.25) is 5.91 Å². The molecule has 2 N–H and O–H groups in total. The van der Waals surface area contributed by atoms with E-state index < -0.39 is 0 Å². The molecule has 2 heterocycles. The molecule has 0 saturated carbocycles. The molecular formula is C22H19N3OS. The molecule has 2 aromatic heterocycles. The van der Waals surface area contributed by atoms with E-state index in [1.54, 1.807) is 17.4 Å². The highest BCUT2D eigenvalue weighted by atomic mass is 32.1. The molecule has 134 valence electrons. The smallest absolute Gasteiger partial charge is 0.244 e. The number of carbonyl (C=O) groups excluding carboxylic acids is 1. The van der Waals surface area contributed by atoms with E-state index in [9.17, 15) is 4.79 Å². The first-order chi connectivity index (χ1) is 13.3. The van der Waals surface area contributed by atoms with Gasteiger partial charge in [-0.1, -0.05) is 48.5 Å². The van der Waals surface area contributed by atoms with Gasteiger partial charge in [-0.25, -0.2) is 4.98 Å². The average Bonchev–Trinajstić information content (AvgIpc) is 3.36. The van der Waals surface area contributed by atoms with Crippen molar-refractivity contribution in [2.75, 3.05) is 0 Å². The molecule has 0 fully saturated rings. The average molecular weight is 373 g/mol. The Balaban J connectivity index is 1.58. The lowest BCUT2D eigenvalue weighted by atomic mass is 10.1. The monoisotopic (exact) mass is 373 g/mol. The van der Waals surface area contributed by atoms with Gasteiger partial charge in [-0.05, 0) is 41.6 Å². The summed E-state index contributed by atoms with van der Waals surface area (Å²) in [5.41, 5.74) is 3.01. The summed E-state index contributed by atoms with van der Waals surface area (Å²) in [5, 5.41) is 5.08. The maximum atomic E-state index is 12.5.